The Morgan fingerprint density at radius 2 is 1.82 bits per heavy atom. The van der Waals surface area contributed by atoms with Crippen LogP contribution in [0.2, 0.25) is 0 Å². The van der Waals surface area contributed by atoms with Crippen LogP contribution < -0.4 is 5.73 Å². The maximum Gasteiger partial charge on any atom is 0.132 e. The molecule has 1 aromatic rings. The quantitative estimate of drug-likeness (QED) is 0.862. The summed E-state index contributed by atoms with van der Waals surface area (Å²) < 4.78 is 27.9. The molecule has 96 valence electrons. The molecule has 1 atom stereocenters. The molecular formula is C14H21F2N. The van der Waals surface area contributed by atoms with Gasteiger partial charge in [0.05, 0.1) is 0 Å². The number of nitrogens with two attached hydrogens (primary N) is 1. The molecule has 0 saturated heterocycles. The molecule has 0 fully saturated rings. The molecule has 3 heteroatoms. The van der Waals surface area contributed by atoms with E-state index in [-0.39, 0.29) is 18.8 Å². The van der Waals surface area contributed by atoms with Gasteiger partial charge in [0.1, 0.15) is 11.5 Å². The Labute approximate surface area is 102 Å². The Kier molecular flexibility index (Phi) is 3.92. The zero-order chi connectivity index (χ0) is 13.3. The average molecular weight is 241 g/mol. The molecule has 1 nitrogen and oxygen atoms in total. The van der Waals surface area contributed by atoms with Crippen LogP contribution in [0, 0.1) is 18.2 Å². The van der Waals surface area contributed by atoms with Gasteiger partial charge in [-0.2, -0.15) is 0 Å². The van der Waals surface area contributed by atoms with Crippen LogP contribution in [0.1, 0.15) is 31.9 Å². The van der Waals surface area contributed by atoms with Crippen molar-refractivity contribution in [3.63, 3.8) is 0 Å². The van der Waals surface area contributed by atoms with E-state index in [1.807, 2.05) is 27.7 Å². The number of halogens is 2. The van der Waals surface area contributed by atoms with Gasteiger partial charge in [0, 0.05) is 13.0 Å². The molecule has 0 spiro atoms. The first-order chi connectivity index (χ1) is 7.69. The van der Waals surface area contributed by atoms with Crippen LogP contribution in [0.15, 0.2) is 18.2 Å². The second-order valence-electron chi connectivity index (χ2n) is 5.67. The van der Waals surface area contributed by atoms with Crippen molar-refractivity contribution < 1.29 is 8.78 Å². The van der Waals surface area contributed by atoms with Gasteiger partial charge in [-0.1, -0.05) is 26.8 Å². The normalized spacial score (nSPS) is 15.7. The summed E-state index contributed by atoms with van der Waals surface area (Å²) in [5.41, 5.74) is 5.05. The fraction of sp³-hybridized carbons (Fsp3) is 0.571. The second kappa shape index (κ2) is 4.73. The van der Waals surface area contributed by atoms with Gasteiger partial charge in [0.25, 0.3) is 0 Å². The highest BCUT2D eigenvalue weighted by atomic mass is 19.1. The topological polar surface area (TPSA) is 26.0 Å². The highest BCUT2D eigenvalue weighted by Gasteiger charge is 2.41. The molecule has 2 N–H and O–H groups in total. The third kappa shape index (κ3) is 3.03. The van der Waals surface area contributed by atoms with Crippen LogP contribution in [-0.2, 0) is 6.42 Å². The molecule has 0 aliphatic carbocycles. The van der Waals surface area contributed by atoms with Gasteiger partial charge in [-0.15, -0.1) is 0 Å². The van der Waals surface area contributed by atoms with Crippen LogP contribution in [0.4, 0.5) is 8.78 Å². The van der Waals surface area contributed by atoms with Crippen molar-refractivity contribution in [1.82, 2.24) is 0 Å². The summed E-state index contributed by atoms with van der Waals surface area (Å²) in [5.74, 6) is -0.334. The minimum atomic E-state index is -1.52. The molecular weight excluding hydrogens is 220 g/mol. The van der Waals surface area contributed by atoms with E-state index in [0.29, 0.717) is 5.56 Å². The lowest BCUT2D eigenvalue weighted by Gasteiger charge is -2.37. The van der Waals surface area contributed by atoms with Crippen LogP contribution in [0.25, 0.3) is 0 Å². The first kappa shape index (κ1) is 14.1. The Morgan fingerprint density at radius 1 is 1.24 bits per heavy atom. The second-order valence-corrected chi connectivity index (χ2v) is 5.67. The van der Waals surface area contributed by atoms with Crippen molar-refractivity contribution in [1.29, 1.82) is 0 Å². The summed E-state index contributed by atoms with van der Waals surface area (Å²) >= 11 is 0. The number of benzene rings is 1. The summed E-state index contributed by atoms with van der Waals surface area (Å²) in [7, 11) is 0. The summed E-state index contributed by atoms with van der Waals surface area (Å²) in [4.78, 5) is 0. The molecule has 1 rings (SSSR count). The molecule has 0 saturated carbocycles. The summed E-state index contributed by atoms with van der Waals surface area (Å²) in [5, 5.41) is 0. The smallest absolute Gasteiger partial charge is 0.132 e. The zero-order valence-electron chi connectivity index (χ0n) is 11.0. The van der Waals surface area contributed by atoms with E-state index in [1.54, 1.807) is 6.07 Å². The number of rotatable bonds is 3. The summed E-state index contributed by atoms with van der Waals surface area (Å²) in [6, 6.07) is 4.45. The van der Waals surface area contributed by atoms with E-state index in [2.05, 4.69) is 0 Å². The number of hydrogen-bond donors (Lipinski definition) is 1. The molecule has 1 aromatic carbocycles. The largest absolute Gasteiger partial charge is 0.327 e. The Morgan fingerprint density at radius 3 is 2.29 bits per heavy atom. The monoisotopic (exact) mass is 241 g/mol. The number of hydrogen-bond acceptors (Lipinski definition) is 1. The van der Waals surface area contributed by atoms with E-state index < -0.39 is 11.1 Å². The SMILES string of the molecule is Cc1ccc(F)cc1CC(F)(CN)C(C)(C)C. The van der Waals surface area contributed by atoms with Crippen molar-refractivity contribution in [2.45, 2.75) is 39.8 Å². The number of alkyl halides is 1. The molecule has 0 aromatic heterocycles. The van der Waals surface area contributed by atoms with Crippen LogP contribution >= 0.6 is 0 Å². The van der Waals surface area contributed by atoms with Gasteiger partial charge >= 0.3 is 0 Å². The zero-order valence-corrected chi connectivity index (χ0v) is 11.0. The van der Waals surface area contributed by atoms with Crippen molar-refractivity contribution in [3.8, 4) is 0 Å². The van der Waals surface area contributed by atoms with Crippen molar-refractivity contribution in [3.05, 3.63) is 35.1 Å². The molecule has 0 amide bonds. The van der Waals surface area contributed by atoms with E-state index in [1.165, 1.54) is 12.1 Å². The van der Waals surface area contributed by atoms with Gasteiger partial charge in [-0.25, -0.2) is 8.78 Å². The highest BCUT2D eigenvalue weighted by Crippen LogP contribution is 2.36. The van der Waals surface area contributed by atoms with E-state index in [9.17, 15) is 8.78 Å². The number of aryl methyl sites for hydroxylation is 1. The Balaban J connectivity index is 3.07. The lowest BCUT2D eigenvalue weighted by Crippen LogP contribution is -2.47. The molecule has 0 bridgehead atoms. The van der Waals surface area contributed by atoms with Crippen LogP contribution in [0.5, 0.6) is 0 Å². The van der Waals surface area contributed by atoms with Crippen molar-refractivity contribution in [2.24, 2.45) is 11.1 Å². The Bertz CT molecular complexity index is 396. The molecule has 0 aliphatic rings. The fourth-order valence-electron chi connectivity index (χ4n) is 1.78. The molecule has 0 radical (unpaired) electrons. The molecule has 17 heavy (non-hydrogen) atoms. The maximum absolute atomic E-state index is 14.8. The lowest BCUT2D eigenvalue weighted by molar-refractivity contribution is 0.0380. The fourth-order valence-corrected chi connectivity index (χ4v) is 1.78. The highest BCUT2D eigenvalue weighted by molar-refractivity contribution is 5.28. The van der Waals surface area contributed by atoms with E-state index in [4.69, 9.17) is 5.73 Å². The molecule has 1 unspecified atom stereocenters. The van der Waals surface area contributed by atoms with Crippen LogP contribution in [-0.4, -0.2) is 12.2 Å². The minimum Gasteiger partial charge on any atom is -0.327 e. The Hall–Kier alpha value is -0.960. The molecule has 0 heterocycles. The average Bonchev–Trinajstić information content (AvgIpc) is 2.21. The van der Waals surface area contributed by atoms with Gasteiger partial charge < -0.3 is 5.73 Å². The minimum absolute atomic E-state index is 0.0630. The van der Waals surface area contributed by atoms with Gasteiger partial charge in [0.15, 0.2) is 0 Å². The first-order valence-corrected chi connectivity index (χ1v) is 5.83. The maximum atomic E-state index is 14.8. The van der Waals surface area contributed by atoms with E-state index >= 15 is 0 Å². The van der Waals surface area contributed by atoms with Gasteiger partial charge in [-0.05, 0) is 35.6 Å². The van der Waals surface area contributed by atoms with Crippen molar-refractivity contribution in [2.75, 3.05) is 6.54 Å². The van der Waals surface area contributed by atoms with E-state index in [0.717, 1.165) is 5.56 Å². The van der Waals surface area contributed by atoms with Gasteiger partial charge in [-0.3, -0.25) is 0 Å². The van der Waals surface area contributed by atoms with Gasteiger partial charge in [0.2, 0.25) is 0 Å². The van der Waals surface area contributed by atoms with Crippen LogP contribution in [0.3, 0.4) is 0 Å². The lowest BCUT2D eigenvalue weighted by atomic mass is 9.74. The predicted octanol–water partition coefficient (Wildman–Crippen LogP) is 3.39. The van der Waals surface area contributed by atoms with Crippen molar-refractivity contribution >= 4 is 0 Å². The summed E-state index contributed by atoms with van der Waals surface area (Å²) in [6.45, 7) is 7.23. The molecule has 0 aliphatic heterocycles. The standard InChI is InChI=1S/C14H21F2N/c1-10-5-6-12(15)7-11(10)8-14(16,9-17)13(2,3)4/h5-7H,8-9,17H2,1-4H3. The predicted molar refractivity (Wildman–Crippen MR) is 67.2 cm³/mol. The summed E-state index contributed by atoms with van der Waals surface area (Å²) in [6.07, 6.45) is 0.149. The third-order valence-corrected chi connectivity index (χ3v) is 3.45. The first-order valence-electron chi connectivity index (χ1n) is 5.83. The third-order valence-electron chi connectivity index (χ3n) is 3.45.